The number of hydrogen-bond donors (Lipinski definition) is 1. The zero-order valence-corrected chi connectivity index (χ0v) is 14.7. The Balaban J connectivity index is 0.00000156. The lowest BCUT2D eigenvalue weighted by Crippen LogP contribution is -2.53. The second-order valence-corrected chi connectivity index (χ2v) is 7.22. The number of amides is 2. The highest BCUT2D eigenvalue weighted by molar-refractivity contribution is 5.95. The highest BCUT2D eigenvalue weighted by Crippen LogP contribution is 2.35. The van der Waals surface area contributed by atoms with Crippen LogP contribution in [-0.2, 0) is 6.42 Å². The third kappa shape index (κ3) is 2.83. The lowest BCUT2D eigenvalue weighted by Gasteiger charge is -2.37. The van der Waals surface area contributed by atoms with Crippen LogP contribution in [0.1, 0.15) is 38.2 Å². The lowest BCUT2D eigenvalue weighted by atomic mass is 9.98. The van der Waals surface area contributed by atoms with Crippen LogP contribution in [0.3, 0.4) is 0 Å². The Hall–Kier alpha value is -1.26. The van der Waals surface area contributed by atoms with E-state index < -0.39 is 0 Å². The molecule has 2 bridgehead atoms. The first-order chi connectivity index (χ1) is 10.6. The van der Waals surface area contributed by atoms with E-state index >= 15 is 0 Å². The summed E-state index contributed by atoms with van der Waals surface area (Å²) in [5.74, 6) is 0. The van der Waals surface area contributed by atoms with Crippen LogP contribution in [-0.4, -0.2) is 42.1 Å². The van der Waals surface area contributed by atoms with E-state index in [1.807, 2.05) is 11.0 Å². The van der Waals surface area contributed by atoms with Gasteiger partial charge in [-0.3, -0.25) is 4.90 Å². The summed E-state index contributed by atoms with van der Waals surface area (Å²) < 4.78 is 0. The molecular weight excluding hydrogens is 310 g/mol. The topological polar surface area (TPSA) is 35.6 Å². The van der Waals surface area contributed by atoms with Gasteiger partial charge in [-0.2, -0.15) is 0 Å². The van der Waals surface area contributed by atoms with Gasteiger partial charge in [0.1, 0.15) is 0 Å². The maximum absolute atomic E-state index is 12.8. The van der Waals surface area contributed by atoms with Gasteiger partial charge >= 0.3 is 6.03 Å². The summed E-state index contributed by atoms with van der Waals surface area (Å²) in [6.07, 6.45) is 5.74. The zero-order valence-electron chi connectivity index (χ0n) is 13.9. The van der Waals surface area contributed by atoms with Crippen LogP contribution in [0.5, 0.6) is 0 Å². The van der Waals surface area contributed by atoms with Crippen molar-refractivity contribution in [1.82, 2.24) is 10.2 Å². The molecule has 3 aliphatic rings. The maximum Gasteiger partial charge on any atom is 0.322 e. The van der Waals surface area contributed by atoms with Crippen LogP contribution in [0.2, 0.25) is 0 Å². The first-order valence-electron chi connectivity index (χ1n) is 8.53. The molecule has 2 saturated heterocycles. The van der Waals surface area contributed by atoms with Gasteiger partial charge in [0, 0.05) is 29.9 Å². The lowest BCUT2D eigenvalue weighted by molar-refractivity contribution is 0.150. The van der Waals surface area contributed by atoms with Gasteiger partial charge in [-0.05, 0) is 57.7 Å². The van der Waals surface area contributed by atoms with Gasteiger partial charge in [0.15, 0.2) is 0 Å². The minimum Gasteiger partial charge on any atom is -0.335 e. The highest BCUT2D eigenvalue weighted by Gasteiger charge is 2.40. The molecule has 4 nitrogen and oxygen atoms in total. The average molecular weight is 336 g/mol. The van der Waals surface area contributed by atoms with Gasteiger partial charge in [0.2, 0.25) is 0 Å². The van der Waals surface area contributed by atoms with E-state index in [1.165, 1.54) is 18.4 Å². The minimum atomic E-state index is 0. The predicted octanol–water partition coefficient (Wildman–Crippen LogP) is 3.19. The Kier molecular flexibility index (Phi) is 4.56. The third-order valence-electron chi connectivity index (χ3n) is 5.85. The van der Waals surface area contributed by atoms with Crippen LogP contribution in [0.15, 0.2) is 24.3 Å². The molecule has 3 heterocycles. The molecule has 4 rings (SSSR count). The van der Waals surface area contributed by atoms with E-state index in [9.17, 15) is 4.79 Å². The summed E-state index contributed by atoms with van der Waals surface area (Å²) in [4.78, 5) is 17.3. The van der Waals surface area contributed by atoms with Crippen molar-refractivity contribution in [2.24, 2.45) is 0 Å². The van der Waals surface area contributed by atoms with Crippen molar-refractivity contribution in [3.63, 3.8) is 0 Å². The van der Waals surface area contributed by atoms with E-state index in [0.29, 0.717) is 18.1 Å². The number of piperidine rings is 1. The van der Waals surface area contributed by atoms with Crippen LogP contribution in [0.4, 0.5) is 10.5 Å². The molecular formula is C18H26ClN3O. The van der Waals surface area contributed by atoms with Crippen molar-refractivity contribution in [2.45, 2.75) is 63.2 Å². The first kappa shape index (κ1) is 16.6. The second-order valence-electron chi connectivity index (χ2n) is 7.22. The summed E-state index contributed by atoms with van der Waals surface area (Å²) in [6, 6.07) is 10.3. The number of anilines is 1. The van der Waals surface area contributed by atoms with Gasteiger partial charge in [-0.25, -0.2) is 4.79 Å². The highest BCUT2D eigenvalue weighted by atomic mass is 35.5. The average Bonchev–Trinajstić information content (AvgIpc) is 2.90. The molecule has 0 radical (unpaired) electrons. The number of carbonyl (C=O) groups excluding carboxylic acids is 1. The Bertz CT molecular complexity index is 579. The van der Waals surface area contributed by atoms with Crippen molar-refractivity contribution in [3.05, 3.63) is 29.8 Å². The van der Waals surface area contributed by atoms with E-state index in [1.54, 1.807) is 0 Å². The standard InChI is InChI=1S/C18H25N3O.ClH/c1-12-9-13-5-3-4-6-17(13)21(12)18(22)19-14-10-15-7-8-16(11-14)20(15)2;/h3-6,12,14-16H,7-11H2,1-2H3,(H,19,22);1H. The van der Waals surface area contributed by atoms with Gasteiger partial charge in [-0.15, -0.1) is 12.4 Å². The van der Waals surface area contributed by atoms with E-state index in [2.05, 4.69) is 42.4 Å². The summed E-state index contributed by atoms with van der Waals surface area (Å²) in [5.41, 5.74) is 2.37. The van der Waals surface area contributed by atoms with E-state index in [-0.39, 0.29) is 24.5 Å². The molecule has 0 saturated carbocycles. The number of halogens is 1. The first-order valence-corrected chi connectivity index (χ1v) is 8.53. The van der Waals surface area contributed by atoms with Crippen molar-refractivity contribution in [3.8, 4) is 0 Å². The van der Waals surface area contributed by atoms with Crippen molar-refractivity contribution >= 4 is 24.1 Å². The molecule has 1 aromatic carbocycles. The number of carbonyl (C=O) groups is 1. The fourth-order valence-electron chi connectivity index (χ4n) is 4.65. The SMILES string of the molecule is CC1Cc2ccccc2N1C(=O)NC1CC2CCC(C1)N2C.Cl. The molecule has 23 heavy (non-hydrogen) atoms. The largest absolute Gasteiger partial charge is 0.335 e. The smallest absolute Gasteiger partial charge is 0.322 e. The summed E-state index contributed by atoms with van der Waals surface area (Å²) >= 11 is 0. The molecule has 0 aliphatic carbocycles. The predicted molar refractivity (Wildman–Crippen MR) is 95.5 cm³/mol. The van der Waals surface area contributed by atoms with Crippen LogP contribution in [0, 0.1) is 0 Å². The fraction of sp³-hybridized carbons (Fsp3) is 0.611. The van der Waals surface area contributed by atoms with Crippen molar-refractivity contribution < 1.29 is 4.79 Å². The van der Waals surface area contributed by atoms with Crippen LogP contribution >= 0.6 is 12.4 Å². The number of fused-ring (bicyclic) bond motifs is 3. The molecule has 0 spiro atoms. The number of nitrogens with zero attached hydrogens (tertiary/aromatic N) is 2. The van der Waals surface area contributed by atoms with Gasteiger partial charge in [0.25, 0.3) is 0 Å². The minimum absolute atomic E-state index is 0. The Morgan fingerprint density at radius 1 is 1.17 bits per heavy atom. The molecule has 0 aromatic heterocycles. The molecule has 3 atom stereocenters. The van der Waals surface area contributed by atoms with Gasteiger partial charge in [0.05, 0.1) is 0 Å². The van der Waals surface area contributed by atoms with E-state index in [0.717, 1.165) is 24.9 Å². The summed E-state index contributed by atoms with van der Waals surface area (Å²) in [7, 11) is 2.24. The maximum atomic E-state index is 12.8. The van der Waals surface area contributed by atoms with Crippen molar-refractivity contribution in [1.29, 1.82) is 0 Å². The molecule has 3 unspecified atom stereocenters. The quantitative estimate of drug-likeness (QED) is 0.855. The normalized spacial score (nSPS) is 32.3. The van der Waals surface area contributed by atoms with Crippen LogP contribution < -0.4 is 10.2 Å². The fourth-order valence-corrected chi connectivity index (χ4v) is 4.65. The Morgan fingerprint density at radius 3 is 2.52 bits per heavy atom. The second kappa shape index (κ2) is 6.33. The molecule has 126 valence electrons. The number of para-hydroxylation sites is 1. The number of hydrogen-bond acceptors (Lipinski definition) is 2. The Labute approximate surface area is 144 Å². The number of rotatable bonds is 1. The molecule has 3 aliphatic heterocycles. The molecule has 2 amide bonds. The van der Waals surface area contributed by atoms with Crippen molar-refractivity contribution in [2.75, 3.05) is 11.9 Å². The molecule has 1 aromatic rings. The molecule has 2 fully saturated rings. The van der Waals surface area contributed by atoms with E-state index in [4.69, 9.17) is 0 Å². The zero-order chi connectivity index (χ0) is 15.3. The number of benzene rings is 1. The number of nitrogens with one attached hydrogen (secondary N) is 1. The number of urea groups is 1. The third-order valence-corrected chi connectivity index (χ3v) is 5.85. The van der Waals surface area contributed by atoms with Gasteiger partial charge < -0.3 is 10.2 Å². The summed E-state index contributed by atoms with van der Waals surface area (Å²) in [6.45, 7) is 2.14. The van der Waals surface area contributed by atoms with Gasteiger partial charge in [-0.1, -0.05) is 18.2 Å². The Morgan fingerprint density at radius 2 is 1.83 bits per heavy atom. The summed E-state index contributed by atoms with van der Waals surface area (Å²) in [5, 5.41) is 3.31. The molecule has 5 heteroatoms. The monoisotopic (exact) mass is 335 g/mol. The molecule has 1 N–H and O–H groups in total. The van der Waals surface area contributed by atoms with Crippen LogP contribution in [0.25, 0.3) is 0 Å².